The number of aryl methyl sites for hydroxylation is 1. The Bertz CT molecular complexity index is 1220. The Morgan fingerprint density at radius 2 is 1.69 bits per heavy atom. The number of hydrogen-bond donors (Lipinski definition) is 1. The number of hydrogen-bond acceptors (Lipinski definition) is 3. The summed E-state index contributed by atoms with van der Waals surface area (Å²) < 4.78 is 7.25. The normalized spacial score (nSPS) is 10.7. The predicted molar refractivity (Wildman–Crippen MR) is 114 cm³/mol. The summed E-state index contributed by atoms with van der Waals surface area (Å²) in [6.45, 7) is 0.289. The van der Waals surface area contributed by atoms with Gasteiger partial charge in [-0.05, 0) is 17.0 Å². The van der Waals surface area contributed by atoms with Crippen molar-refractivity contribution in [1.82, 2.24) is 4.57 Å². The van der Waals surface area contributed by atoms with Gasteiger partial charge in [0, 0.05) is 24.2 Å². The van der Waals surface area contributed by atoms with Gasteiger partial charge in [-0.1, -0.05) is 66.7 Å². The number of nitrogens with one attached hydrogen (secondary N) is 1. The van der Waals surface area contributed by atoms with E-state index in [1.54, 1.807) is 17.8 Å². The van der Waals surface area contributed by atoms with E-state index in [1.165, 1.54) is 6.07 Å². The standard InChI is InChI=1S/C24H20N2O3/c1-26-15-23(29-16-17-8-3-2-4-9-17)22(27)14-21(26)24(28)25-20-13-7-11-18-10-5-6-12-19(18)20/h2-15H,16H2,1H3,(H,25,28). The minimum atomic E-state index is -0.351. The Hall–Kier alpha value is -3.86. The molecule has 0 bridgehead atoms. The van der Waals surface area contributed by atoms with Crippen LogP contribution in [0, 0.1) is 0 Å². The summed E-state index contributed by atoms with van der Waals surface area (Å²) in [6, 6.07) is 24.4. The molecule has 0 spiro atoms. The maximum Gasteiger partial charge on any atom is 0.272 e. The van der Waals surface area contributed by atoms with Gasteiger partial charge < -0.3 is 14.6 Å². The first kappa shape index (κ1) is 18.5. The molecule has 1 heterocycles. The molecular weight excluding hydrogens is 364 g/mol. The van der Waals surface area contributed by atoms with E-state index in [0.717, 1.165) is 16.3 Å². The molecule has 0 saturated carbocycles. The molecule has 0 atom stereocenters. The monoisotopic (exact) mass is 384 g/mol. The third-order valence-electron chi connectivity index (χ3n) is 4.71. The number of nitrogens with zero attached hydrogens (tertiary/aromatic N) is 1. The Balaban J connectivity index is 1.56. The second-order valence-electron chi connectivity index (χ2n) is 6.75. The van der Waals surface area contributed by atoms with Crippen molar-refractivity contribution < 1.29 is 9.53 Å². The number of anilines is 1. The maximum atomic E-state index is 12.8. The van der Waals surface area contributed by atoms with E-state index in [1.807, 2.05) is 72.8 Å². The van der Waals surface area contributed by atoms with E-state index < -0.39 is 0 Å². The van der Waals surface area contributed by atoms with E-state index in [0.29, 0.717) is 5.69 Å². The molecular formula is C24H20N2O3. The van der Waals surface area contributed by atoms with Gasteiger partial charge in [-0.25, -0.2) is 0 Å². The van der Waals surface area contributed by atoms with Gasteiger partial charge in [-0.15, -0.1) is 0 Å². The smallest absolute Gasteiger partial charge is 0.272 e. The Kier molecular flexibility index (Phi) is 5.12. The minimum Gasteiger partial charge on any atom is -0.483 e. The zero-order valence-corrected chi connectivity index (χ0v) is 16.0. The van der Waals surface area contributed by atoms with Crippen molar-refractivity contribution in [2.24, 2.45) is 7.05 Å². The fourth-order valence-electron chi connectivity index (χ4n) is 3.20. The highest BCUT2D eigenvalue weighted by Crippen LogP contribution is 2.23. The lowest BCUT2D eigenvalue weighted by molar-refractivity contribution is 0.101. The van der Waals surface area contributed by atoms with Crippen LogP contribution in [0.25, 0.3) is 10.8 Å². The first-order valence-electron chi connectivity index (χ1n) is 9.28. The van der Waals surface area contributed by atoms with E-state index >= 15 is 0 Å². The van der Waals surface area contributed by atoms with Crippen LogP contribution in [0.1, 0.15) is 16.1 Å². The number of pyridine rings is 1. The van der Waals surface area contributed by atoms with Gasteiger partial charge in [0.15, 0.2) is 5.75 Å². The second-order valence-corrected chi connectivity index (χ2v) is 6.75. The zero-order chi connectivity index (χ0) is 20.2. The van der Waals surface area contributed by atoms with Crippen LogP contribution in [0.15, 0.2) is 89.9 Å². The third-order valence-corrected chi connectivity index (χ3v) is 4.71. The van der Waals surface area contributed by atoms with Crippen LogP contribution in [0.4, 0.5) is 5.69 Å². The number of fused-ring (bicyclic) bond motifs is 1. The van der Waals surface area contributed by atoms with Crippen LogP contribution in [0.5, 0.6) is 5.75 Å². The fraction of sp³-hybridized carbons (Fsp3) is 0.0833. The maximum absolute atomic E-state index is 12.8. The third kappa shape index (κ3) is 4.04. The van der Waals surface area contributed by atoms with Crippen LogP contribution in [0.3, 0.4) is 0 Å². The summed E-state index contributed by atoms with van der Waals surface area (Å²) in [5.74, 6) is -0.145. The van der Waals surface area contributed by atoms with Crippen LogP contribution < -0.4 is 15.5 Å². The summed E-state index contributed by atoms with van der Waals surface area (Å²) in [4.78, 5) is 25.3. The average molecular weight is 384 g/mol. The molecule has 0 saturated heterocycles. The van der Waals surface area contributed by atoms with Crippen LogP contribution in [-0.4, -0.2) is 10.5 Å². The lowest BCUT2D eigenvalue weighted by atomic mass is 10.1. The Morgan fingerprint density at radius 1 is 0.966 bits per heavy atom. The molecule has 0 aliphatic heterocycles. The second kappa shape index (κ2) is 8.02. The first-order chi connectivity index (χ1) is 14.1. The van der Waals surface area contributed by atoms with Gasteiger partial charge in [-0.2, -0.15) is 0 Å². The van der Waals surface area contributed by atoms with Crippen LogP contribution in [-0.2, 0) is 13.7 Å². The molecule has 29 heavy (non-hydrogen) atoms. The molecule has 0 unspecified atom stereocenters. The molecule has 1 N–H and O–H groups in total. The van der Waals surface area contributed by atoms with Crippen molar-refractivity contribution >= 4 is 22.4 Å². The van der Waals surface area contributed by atoms with Crippen molar-refractivity contribution in [2.45, 2.75) is 6.61 Å². The zero-order valence-electron chi connectivity index (χ0n) is 16.0. The van der Waals surface area contributed by atoms with E-state index in [2.05, 4.69) is 5.32 Å². The van der Waals surface area contributed by atoms with Gasteiger partial charge in [0.1, 0.15) is 12.3 Å². The molecule has 144 valence electrons. The van der Waals surface area contributed by atoms with Crippen molar-refractivity contribution in [3.8, 4) is 5.75 Å². The van der Waals surface area contributed by atoms with Crippen molar-refractivity contribution in [1.29, 1.82) is 0 Å². The van der Waals surface area contributed by atoms with Crippen molar-refractivity contribution in [3.63, 3.8) is 0 Å². The van der Waals surface area contributed by atoms with Crippen LogP contribution in [0.2, 0.25) is 0 Å². The SMILES string of the molecule is Cn1cc(OCc2ccccc2)c(=O)cc1C(=O)Nc1cccc2ccccc12. The average Bonchev–Trinajstić information content (AvgIpc) is 2.75. The van der Waals surface area contributed by atoms with Crippen LogP contribution >= 0.6 is 0 Å². The number of carbonyl (C=O) groups is 1. The highest BCUT2D eigenvalue weighted by molar-refractivity contribution is 6.08. The fourth-order valence-corrected chi connectivity index (χ4v) is 3.20. The molecule has 3 aromatic carbocycles. The van der Waals surface area contributed by atoms with Gasteiger partial charge in [0.05, 0.1) is 6.20 Å². The Morgan fingerprint density at radius 3 is 2.52 bits per heavy atom. The molecule has 4 rings (SSSR count). The topological polar surface area (TPSA) is 60.3 Å². The van der Waals surface area contributed by atoms with Crippen molar-refractivity contribution in [3.05, 3.63) is 107 Å². The highest BCUT2D eigenvalue weighted by atomic mass is 16.5. The largest absolute Gasteiger partial charge is 0.483 e. The summed E-state index contributed by atoms with van der Waals surface area (Å²) in [5.41, 5.74) is 1.59. The molecule has 1 aromatic heterocycles. The first-order valence-corrected chi connectivity index (χ1v) is 9.28. The van der Waals surface area contributed by atoms with Gasteiger partial charge >= 0.3 is 0 Å². The number of aromatic nitrogens is 1. The molecule has 5 heteroatoms. The van der Waals surface area contributed by atoms with E-state index in [4.69, 9.17) is 4.74 Å². The molecule has 0 aliphatic carbocycles. The lowest BCUT2D eigenvalue weighted by Crippen LogP contribution is -2.21. The molecule has 0 aliphatic rings. The number of benzene rings is 3. The quantitative estimate of drug-likeness (QED) is 0.556. The van der Waals surface area contributed by atoms with Gasteiger partial charge in [0.2, 0.25) is 5.43 Å². The van der Waals surface area contributed by atoms with E-state index in [-0.39, 0.29) is 29.4 Å². The summed E-state index contributed by atoms with van der Waals surface area (Å²) in [7, 11) is 1.72. The molecule has 1 amide bonds. The molecule has 0 radical (unpaired) electrons. The minimum absolute atomic E-state index is 0.207. The summed E-state index contributed by atoms with van der Waals surface area (Å²) >= 11 is 0. The lowest BCUT2D eigenvalue weighted by Gasteiger charge is -2.13. The molecule has 0 fully saturated rings. The molecule has 4 aromatic rings. The predicted octanol–water partition coefficient (Wildman–Crippen LogP) is 4.37. The van der Waals surface area contributed by atoms with Gasteiger partial charge in [0.25, 0.3) is 5.91 Å². The molecule has 5 nitrogen and oxygen atoms in total. The van der Waals surface area contributed by atoms with Gasteiger partial charge in [-0.3, -0.25) is 9.59 Å². The number of amides is 1. The van der Waals surface area contributed by atoms with E-state index in [9.17, 15) is 9.59 Å². The summed E-state index contributed by atoms with van der Waals surface area (Å²) in [5, 5.41) is 4.88. The number of carbonyl (C=O) groups excluding carboxylic acids is 1. The Labute approximate surface area is 168 Å². The summed E-state index contributed by atoms with van der Waals surface area (Å²) in [6.07, 6.45) is 1.54. The number of rotatable bonds is 5. The highest BCUT2D eigenvalue weighted by Gasteiger charge is 2.14. The number of ether oxygens (including phenoxy) is 1. The van der Waals surface area contributed by atoms with Crippen molar-refractivity contribution in [2.75, 3.05) is 5.32 Å².